The first-order chi connectivity index (χ1) is 16.6. The van der Waals surface area contributed by atoms with E-state index in [0.717, 1.165) is 4.31 Å². The first-order valence-corrected chi connectivity index (χ1v) is 12.4. The Hall–Kier alpha value is -3.14. The molecule has 3 rings (SSSR count). The molecule has 0 heterocycles. The quantitative estimate of drug-likeness (QED) is 0.404. The molecule has 0 saturated carbocycles. The average Bonchev–Trinajstić information content (AvgIpc) is 2.84. The van der Waals surface area contributed by atoms with Crippen LogP contribution in [0.1, 0.15) is 5.56 Å². The smallest absolute Gasteiger partial charge is 0.265 e. The van der Waals surface area contributed by atoms with E-state index in [-0.39, 0.29) is 27.1 Å². The number of anilines is 2. The van der Waals surface area contributed by atoms with Gasteiger partial charge >= 0.3 is 0 Å². The van der Waals surface area contributed by atoms with Crippen molar-refractivity contribution in [2.45, 2.75) is 11.8 Å². The molecule has 0 saturated heterocycles. The van der Waals surface area contributed by atoms with Gasteiger partial charge < -0.3 is 19.5 Å². The molecule has 3 aromatic carbocycles. The molecule has 11 heteroatoms. The number of sulfonamides is 1. The summed E-state index contributed by atoms with van der Waals surface area (Å²) < 4.78 is 44.4. The lowest BCUT2D eigenvalue weighted by Gasteiger charge is -2.26. The first-order valence-electron chi connectivity index (χ1n) is 10.3. The Kier molecular flexibility index (Phi) is 8.37. The van der Waals surface area contributed by atoms with Gasteiger partial charge in [0.05, 0.1) is 31.9 Å². The zero-order valence-electron chi connectivity index (χ0n) is 19.5. The van der Waals surface area contributed by atoms with Gasteiger partial charge in [0.15, 0.2) is 11.5 Å². The third-order valence-electron chi connectivity index (χ3n) is 5.18. The third kappa shape index (κ3) is 5.75. The molecule has 0 aliphatic carbocycles. The molecule has 1 N–H and O–H groups in total. The van der Waals surface area contributed by atoms with Crippen LogP contribution in [0.5, 0.6) is 17.2 Å². The van der Waals surface area contributed by atoms with E-state index in [2.05, 4.69) is 5.32 Å². The van der Waals surface area contributed by atoms with Crippen LogP contribution in [-0.2, 0) is 14.8 Å². The highest BCUT2D eigenvalue weighted by atomic mass is 35.5. The van der Waals surface area contributed by atoms with Crippen LogP contribution in [0.25, 0.3) is 0 Å². The van der Waals surface area contributed by atoms with Crippen LogP contribution in [-0.4, -0.2) is 42.2 Å². The highest BCUT2D eigenvalue weighted by molar-refractivity contribution is 7.92. The summed E-state index contributed by atoms with van der Waals surface area (Å²) in [5, 5.41) is 3.45. The molecule has 0 unspecified atom stereocenters. The van der Waals surface area contributed by atoms with Crippen molar-refractivity contribution in [2.75, 3.05) is 37.5 Å². The van der Waals surface area contributed by atoms with Crippen molar-refractivity contribution in [3.05, 3.63) is 70.2 Å². The second-order valence-corrected chi connectivity index (χ2v) is 10.0. The van der Waals surface area contributed by atoms with E-state index in [4.69, 9.17) is 37.4 Å². The fraction of sp³-hybridized carbons (Fsp3) is 0.208. The number of ether oxygens (including phenoxy) is 3. The zero-order chi connectivity index (χ0) is 25.8. The molecule has 3 aromatic rings. The van der Waals surface area contributed by atoms with Gasteiger partial charge in [0, 0.05) is 21.8 Å². The predicted molar refractivity (Wildman–Crippen MR) is 137 cm³/mol. The van der Waals surface area contributed by atoms with Gasteiger partial charge in [-0.3, -0.25) is 9.10 Å². The van der Waals surface area contributed by atoms with Crippen LogP contribution < -0.4 is 23.8 Å². The number of halogens is 2. The summed E-state index contributed by atoms with van der Waals surface area (Å²) in [4.78, 5) is 12.9. The Balaban J connectivity index is 2.09. The third-order valence-corrected chi connectivity index (χ3v) is 7.58. The summed E-state index contributed by atoms with van der Waals surface area (Å²) >= 11 is 12.3. The van der Waals surface area contributed by atoms with Crippen molar-refractivity contribution < 1.29 is 27.4 Å². The number of nitrogens with zero attached hydrogens (tertiary/aromatic N) is 1. The van der Waals surface area contributed by atoms with Gasteiger partial charge in [0.2, 0.25) is 5.91 Å². The van der Waals surface area contributed by atoms with E-state index in [1.165, 1.54) is 51.7 Å². The van der Waals surface area contributed by atoms with Crippen LogP contribution in [0.4, 0.5) is 11.4 Å². The second-order valence-electron chi connectivity index (χ2n) is 7.31. The molecule has 0 radical (unpaired) electrons. The molecule has 0 aliphatic rings. The number of amides is 1. The van der Waals surface area contributed by atoms with Gasteiger partial charge in [-0.2, -0.15) is 0 Å². The maximum Gasteiger partial charge on any atom is 0.265 e. The Morgan fingerprint density at radius 3 is 2.23 bits per heavy atom. The average molecular weight is 539 g/mol. The summed E-state index contributed by atoms with van der Waals surface area (Å²) in [7, 11) is -0.0648. The monoisotopic (exact) mass is 538 g/mol. The van der Waals surface area contributed by atoms with Crippen LogP contribution in [0, 0.1) is 6.92 Å². The van der Waals surface area contributed by atoms with Gasteiger partial charge in [-0.15, -0.1) is 0 Å². The molecular formula is C24H24Cl2N2O6S. The number of carbonyl (C=O) groups excluding carboxylic acids is 1. The maximum atomic E-state index is 13.8. The number of benzene rings is 3. The summed E-state index contributed by atoms with van der Waals surface area (Å²) in [6.07, 6.45) is 0. The molecular weight excluding hydrogens is 515 g/mol. The SMILES string of the molecule is COc1ccc(S(=O)(=O)N(CC(=O)Nc2cccc(Cl)c2C)c2cc(Cl)ccc2OC)cc1OC. The number of methoxy groups -OCH3 is 3. The van der Waals surface area contributed by atoms with Crippen molar-refractivity contribution >= 4 is 50.5 Å². The number of hydrogen-bond acceptors (Lipinski definition) is 6. The Morgan fingerprint density at radius 2 is 1.57 bits per heavy atom. The van der Waals surface area contributed by atoms with Crippen LogP contribution >= 0.6 is 23.2 Å². The Labute approximate surface area is 214 Å². The van der Waals surface area contributed by atoms with Crippen molar-refractivity contribution in [3.8, 4) is 17.2 Å². The summed E-state index contributed by atoms with van der Waals surface area (Å²) in [5.74, 6) is 0.185. The topological polar surface area (TPSA) is 94.2 Å². The van der Waals surface area contributed by atoms with E-state index >= 15 is 0 Å². The van der Waals surface area contributed by atoms with Crippen LogP contribution in [0.3, 0.4) is 0 Å². The van der Waals surface area contributed by atoms with Crippen molar-refractivity contribution in [1.29, 1.82) is 0 Å². The van der Waals surface area contributed by atoms with Gasteiger partial charge in [0.25, 0.3) is 10.0 Å². The lowest BCUT2D eigenvalue weighted by atomic mass is 10.2. The Morgan fingerprint density at radius 1 is 0.914 bits per heavy atom. The van der Waals surface area contributed by atoms with E-state index in [1.54, 1.807) is 31.2 Å². The van der Waals surface area contributed by atoms with Crippen LogP contribution in [0.15, 0.2) is 59.5 Å². The minimum atomic E-state index is -4.29. The normalized spacial score (nSPS) is 11.0. The van der Waals surface area contributed by atoms with Gasteiger partial charge in [-0.25, -0.2) is 8.42 Å². The fourth-order valence-corrected chi connectivity index (χ4v) is 5.11. The molecule has 0 fully saturated rings. The predicted octanol–water partition coefficient (Wildman–Crippen LogP) is 5.16. The van der Waals surface area contributed by atoms with Crippen molar-refractivity contribution in [1.82, 2.24) is 0 Å². The maximum absolute atomic E-state index is 13.8. The molecule has 35 heavy (non-hydrogen) atoms. The van der Waals surface area contributed by atoms with E-state index < -0.39 is 22.5 Å². The number of hydrogen-bond donors (Lipinski definition) is 1. The zero-order valence-corrected chi connectivity index (χ0v) is 21.8. The molecule has 8 nitrogen and oxygen atoms in total. The second kappa shape index (κ2) is 11.1. The molecule has 0 atom stereocenters. The summed E-state index contributed by atoms with van der Waals surface area (Å²) in [6, 6.07) is 13.7. The van der Waals surface area contributed by atoms with Gasteiger partial charge in [-0.05, 0) is 55.0 Å². The molecule has 0 aliphatic heterocycles. The molecule has 1 amide bonds. The van der Waals surface area contributed by atoms with E-state index in [9.17, 15) is 13.2 Å². The van der Waals surface area contributed by atoms with Crippen molar-refractivity contribution in [3.63, 3.8) is 0 Å². The molecule has 0 spiro atoms. The molecule has 0 bridgehead atoms. The summed E-state index contributed by atoms with van der Waals surface area (Å²) in [6.45, 7) is 1.18. The largest absolute Gasteiger partial charge is 0.495 e. The summed E-state index contributed by atoms with van der Waals surface area (Å²) in [5.41, 5.74) is 1.20. The minimum Gasteiger partial charge on any atom is -0.495 e. The highest BCUT2D eigenvalue weighted by Gasteiger charge is 2.31. The van der Waals surface area contributed by atoms with Gasteiger partial charge in [-0.1, -0.05) is 29.3 Å². The standard InChI is InChI=1S/C24H24Cl2N2O6S/c1-15-18(26)6-5-7-19(15)27-24(29)14-28(20-12-16(25)8-10-21(20)32-2)35(30,31)17-9-11-22(33-3)23(13-17)34-4/h5-13H,14H2,1-4H3,(H,27,29). The van der Waals surface area contributed by atoms with E-state index in [1.807, 2.05) is 0 Å². The minimum absolute atomic E-state index is 0.0905. The lowest BCUT2D eigenvalue weighted by Crippen LogP contribution is -2.38. The number of carbonyl (C=O) groups is 1. The highest BCUT2D eigenvalue weighted by Crippen LogP contribution is 2.37. The molecule has 0 aromatic heterocycles. The van der Waals surface area contributed by atoms with E-state index in [0.29, 0.717) is 22.0 Å². The number of rotatable bonds is 9. The van der Waals surface area contributed by atoms with Crippen molar-refractivity contribution in [2.24, 2.45) is 0 Å². The molecule has 186 valence electrons. The first kappa shape index (κ1) is 26.5. The fourth-order valence-electron chi connectivity index (χ4n) is 3.32. The number of nitrogens with one attached hydrogen (secondary N) is 1. The Bertz CT molecular complexity index is 1350. The van der Waals surface area contributed by atoms with Gasteiger partial charge in [0.1, 0.15) is 12.3 Å². The lowest BCUT2D eigenvalue weighted by molar-refractivity contribution is -0.114. The van der Waals surface area contributed by atoms with Crippen LogP contribution in [0.2, 0.25) is 10.0 Å².